The molecule has 1 aromatic rings. The Balaban J connectivity index is 1.63. The van der Waals surface area contributed by atoms with Gasteiger partial charge in [0.15, 0.2) is 0 Å². The van der Waals surface area contributed by atoms with Crippen LogP contribution in [-0.4, -0.2) is 13.1 Å². The van der Waals surface area contributed by atoms with Crippen molar-refractivity contribution >= 4 is 11.3 Å². The van der Waals surface area contributed by atoms with Crippen LogP contribution in [0.25, 0.3) is 0 Å². The Morgan fingerprint density at radius 2 is 2.25 bits per heavy atom. The molecule has 0 aliphatic heterocycles. The SMILES string of the molecule is CCCNCC1CCC1CCc1cccs1. The second-order valence-corrected chi connectivity index (χ2v) is 5.95. The van der Waals surface area contributed by atoms with E-state index in [2.05, 4.69) is 29.8 Å². The Kier molecular flexibility index (Phi) is 4.86. The van der Waals surface area contributed by atoms with E-state index in [1.54, 1.807) is 4.88 Å². The topological polar surface area (TPSA) is 12.0 Å². The van der Waals surface area contributed by atoms with Gasteiger partial charge in [0, 0.05) is 4.88 Å². The van der Waals surface area contributed by atoms with Gasteiger partial charge in [0.05, 0.1) is 0 Å². The number of nitrogens with one attached hydrogen (secondary N) is 1. The van der Waals surface area contributed by atoms with Crippen LogP contribution in [0.5, 0.6) is 0 Å². The first kappa shape index (κ1) is 12.1. The maximum absolute atomic E-state index is 3.56. The highest BCUT2D eigenvalue weighted by Gasteiger charge is 2.29. The van der Waals surface area contributed by atoms with Gasteiger partial charge < -0.3 is 5.32 Å². The molecule has 0 aromatic carbocycles. The lowest BCUT2D eigenvalue weighted by Crippen LogP contribution is -2.35. The summed E-state index contributed by atoms with van der Waals surface area (Å²) in [7, 11) is 0. The van der Waals surface area contributed by atoms with E-state index in [1.807, 2.05) is 11.3 Å². The highest BCUT2D eigenvalue weighted by atomic mass is 32.1. The molecule has 1 fully saturated rings. The third-order valence-corrected chi connectivity index (χ3v) is 4.69. The molecule has 1 aliphatic rings. The van der Waals surface area contributed by atoms with Crippen molar-refractivity contribution in [1.82, 2.24) is 5.32 Å². The van der Waals surface area contributed by atoms with Crippen LogP contribution in [-0.2, 0) is 6.42 Å². The van der Waals surface area contributed by atoms with Gasteiger partial charge in [-0.05, 0) is 68.5 Å². The van der Waals surface area contributed by atoms with E-state index in [-0.39, 0.29) is 0 Å². The summed E-state index contributed by atoms with van der Waals surface area (Å²) < 4.78 is 0. The van der Waals surface area contributed by atoms with Crippen molar-refractivity contribution in [2.75, 3.05) is 13.1 Å². The monoisotopic (exact) mass is 237 g/mol. The number of aryl methyl sites for hydroxylation is 1. The average molecular weight is 237 g/mol. The smallest absolute Gasteiger partial charge is 0.00453 e. The average Bonchev–Trinajstić information content (AvgIpc) is 2.76. The molecule has 1 aromatic heterocycles. The standard InChI is InChI=1S/C14H23NS/c1-2-9-15-11-13-6-5-12(13)7-8-14-4-3-10-16-14/h3-4,10,12-13,15H,2,5-9,11H2,1H3. The molecule has 1 aliphatic carbocycles. The van der Waals surface area contributed by atoms with E-state index in [1.165, 1.54) is 45.2 Å². The Morgan fingerprint density at radius 1 is 1.38 bits per heavy atom. The molecule has 1 saturated carbocycles. The van der Waals surface area contributed by atoms with Crippen molar-refractivity contribution in [2.45, 2.75) is 39.0 Å². The van der Waals surface area contributed by atoms with E-state index in [9.17, 15) is 0 Å². The molecule has 0 amide bonds. The van der Waals surface area contributed by atoms with Gasteiger partial charge in [0.25, 0.3) is 0 Å². The minimum atomic E-state index is 0.964. The molecule has 1 nitrogen and oxygen atoms in total. The molecule has 2 heteroatoms. The molecule has 90 valence electrons. The molecule has 2 unspecified atom stereocenters. The van der Waals surface area contributed by atoms with Gasteiger partial charge in [0.1, 0.15) is 0 Å². The molecule has 0 saturated heterocycles. The lowest BCUT2D eigenvalue weighted by molar-refractivity contribution is 0.161. The molecule has 16 heavy (non-hydrogen) atoms. The van der Waals surface area contributed by atoms with Gasteiger partial charge in [-0.2, -0.15) is 0 Å². The summed E-state index contributed by atoms with van der Waals surface area (Å²) in [6.07, 6.45) is 6.87. The zero-order valence-corrected chi connectivity index (χ0v) is 11.1. The maximum atomic E-state index is 3.56. The van der Waals surface area contributed by atoms with Crippen LogP contribution in [0.4, 0.5) is 0 Å². The predicted octanol–water partition coefficient (Wildman–Crippen LogP) is 3.71. The third-order valence-electron chi connectivity index (χ3n) is 3.75. The van der Waals surface area contributed by atoms with E-state index >= 15 is 0 Å². The lowest BCUT2D eigenvalue weighted by Gasteiger charge is -2.37. The molecule has 1 heterocycles. The van der Waals surface area contributed by atoms with Gasteiger partial charge in [-0.25, -0.2) is 0 Å². The quantitative estimate of drug-likeness (QED) is 0.713. The third kappa shape index (κ3) is 3.33. The molecular formula is C14H23NS. The van der Waals surface area contributed by atoms with Gasteiger partial charge in [0.2, 0.25) is 0 Å². The van der Waals surface area contributed by atoms with Crippen molar-refractivity contribution in [3.8, 4) is 0 Å². The summed E-state index contributed by atoms with van der Waals surface area (Å²) in [5.41, 5.74) is 0. The molecular weight excluding hydrogens is 214 g/mol. The summed E-state index contributed by atoms with van der Waals surface area (Å²) in [6, 6.07) is 4.44. The minimum absolute atomic E-state index is 0.964. The van der Waals surface area contributed by atoms with Crippen LogP contribution in [0, 0.1) is 11.8 Å². The molecule has 0 radical (unpaired) electrons. The fraction of sp³-hybridized carbons (Fsp3) is 0.714. The van der Waals surface area contributed by atoms with E-state index in [4.69, 9.17) is 0 Å². The maximum Gasteiger partial charge on any atom is 0.00453 e. The van der Waals surface area contributed by atoms with Crippen molar-refractivity contribution in [3.63, 3.8) is 0 Å². The predicted molar refractivity (Wildman–Crippen MR) is 72.0 cm³/mol. The number of thiophene rings is 1. The lowest BCUT2D eigenvalue weighted by atomic mass is 9.71. The molecule has 2 atom stereocenters. The summed E-state index contributed by atoms with van der Waals surface area (Å²) in [6.45, 7) is 4.68. The molecule has 0 bridgehead atoms. The Bertz CT molecular complexity index is 281. The largest absolute Gasteiger partial charge is 0.316 e. The highest BCUT2D eigenvalue weighted by molar-refractivity contribution is 7.09. The fourth-order valence-electron chi connectivity index (χ4n) is 2.53. The van der Waals surface area contributed by atoms with Crippen molar-refractivity contribution < 1.29 is 0 Å². The second kappa shape index (κ2) is 6.41. The molecule has 0 spiro atoms. The molecule has 2 rings (SSSR count). The zero-order chi connectivity index (χ0) is 11.2. The number of rotatable bonds is 7. The summed E-state index contributed by atoms with van der Waals surface area (Å²) in [5.74, 6) is 1.96. The molecule has 1 N–H and O–H groups in total. The van der Waals surface area contributed by atoms with Gasteiger partial charge in [-0.1, -0.05) is 13.0 Å². The first-order chi connectivity index (χ1) is 7.90. The minimum Gasteiger partial charge on any atom is -0.316 e. The van der Waals surface area contributed by atoms with Crippen LogP contribution >= 0.6 is 11.3 Å². The summed E-state index contributed by atoms with van der Waals surface area (Å²) >= 11 is 1.91. The summed E-state index contributed by atoms with van der Waals surface area (Å²) in [5, 5.41) is 5.75. The Morgan fingerprint density at radius 3 is 2.88 bits per heavy atom. The fourth-order valence-corrected chi connectivity index (χ4v) is 3.26. The Hall–Kier alpha value is -0.340. The second-order valence-electron chi connectivity index (χ2n) is 4.92. The summed E-state index contributed by atoms with van der Waals surface area (Å²) in [4.78, 5) is 1.56. The van der Waals surface area contributed by atoms with Crippen LogP contribution < -0.4 is 5.32 Å². The van der Waals surface area contributed by atoms with Crippen LogP contribution in [0.3, 0.4) is 0 Å². The first-order valence-corrected chi connectivity index (χ1v) is 7.51. The van der Waals surface area contributed by atoms with Crippen LogP contribution in [0.1, 0.15) is 37.5 Å². The van der Waals surface area contributed by atoms with Gasteiger partial charge in [-0.15, -0.1) is 11.3 Å². The number of hydrogen-bond acceptors (Lipinski definition) is 2. The van der Waals surface area contributed by atoms with Crippen molar-refractivity contribution in [1.29, 1.82) is 0 Å². The number of hydrogen-bond donors (Lipinski definition) is 1. The first-order valence-electron chi connectivity index (χ1n) is 6.63. The van der Waals surface area contributed by atoms with Crippen LogP contribution in [0.15, 0.2) is 17.5 Å². The van der Waals surface area contributed by atoms with E-state index in [0.29, 0.717) is 0 Å². The highest BCUT2D eigenvalue weighted by Crippen LogP contribution is 2.37. The van der Waals surface area contributed by atoms with Crippen molar-refractivity contribution in [2.24, 2.45) is 11.8 Å². The van der Waals surface area contributed by atoms with E-state index < -0.39 is 0 Å². The zero-order valence-electron chi connectivity index (χ0n) is 10.2. The van der Waals surface area contributed by atoms with Gasteiger partial charge in [-0.3, -0.25) is 0 Å². The van der Waals surface area contributed by atoms with Crippen molar-refractivity contribution in [3.05, 3.63) is 22.4 Å². The Labute approximate surface area is 103 Å². The van der Waals surface area contributed by atoms with E-state index in [0.717, 1.165) is 11.8 Å². The van der Waals surface area contributed by atoms with Crippen LogP contribution in [0.2, 0.25) is 0 Å². The normalized spacial score (nSPS) is 24.3. The van der Waals surface area contributed by atoms with Gasteiger partial charge >= 0.3 is 0 Å².